The maximum atomic E-state index is 11.0. The topological polar surface area (TPSA) is 77.2 Å². The minimum atomic E-state index is 0.306. The molecule has 1 saturated heterocycles. The molecule has 0 spiro atoms. The third kappa shape index (κ3) is 7.79. The van der Waals surface area contributed by atoms with Crippen LogP contribution in [0.3, 0.4) is 0 Å². The Labute approximate surface area is 204 Å². The van der Waals surface area contributed by atoms with E-state index in [2.05, 4.69) is 59.9 Å². The SMILES string of the molecule is CNC1CCCCC1.Cc1cc(C=O)cc(-c2ccc3[nH]c(C)cc3c2)c1.OCC1CCCN1. The van der Waals surface area contributed by atoms with Gasteiger partial charge in [-0.1, -0.05) is 31.4 Å². The number of aliphatic hydroxyl groups is 1. The van der Waals surface area contributed by atoms with Gasteiger partial charge in [-0.2, -0.15) is 0 Å². The van der Waals surface area contributed by atoms with Gasteiger partial charge in [-0.3, -0.25) is 4.79 Å². The van der Waals surface area contributed by atoms with Crippen molar-refractivity contribution in [2.24, 2.45) is 0 Å². The number of aromatic nitrogens is 1. The molecule has 0 radical (unpaired) electrons. The molecule has 2 aliphatic rings. The van der Waals surface area contributed by atoms with E-state index in [1.807, 2.05) is 19.1 Å². The van der Waals surface area contributed by atoms with Crippen LogP contribution in [-0.2, 0) is 0 Å². The summed E-state index contributed by atoms with van der Waals surface area (Å²) in [5, 5.41) is 16.2. The summed E-state index contributed by atoms with van der Waals surface area (Å²) < 4.78 is 0. The molecule has 1 atom stereocenters. The molecular weight excluding hydrogens is 422 g/mol. The molecule has 2 fully saturated rings. The molecule has 0 bridgehead atoms. The van der Waals surface area contributed by atoms with Gasteiger partial charge in [0.15, 0.2) is 0 Å². The number of hydrogen-bond acceptors (Lipinski definition) is 4. The van der Waals surface area contributed by atoms with Crippen molar-refractivity contribution in [2.75, 3.05) is 20.2 Å². The van der Waals surface area contributed by atoms with Gasteiger partial charge in [-0.25, -0.2) is 0 Å². The summed E-state index contributed by atoms with van der Waals surface area (Å²) in [6.07, 6.45) is 10.4. The van der Waals surface area contributed by atoms with E-state index in [4.69, 9.17) is 5.11 Å². The number of aliphatic hydroxyl groups excluding tert-OH is 1. The van der Waals surface area contributed by atoms with E-state index in [1.165, 1.54) is 43.9 Å². The third-order valence-electron chi connectivity index (χ3n) is 6.72. The number of hydrogen-bond donors (Lipinski definition) is 4. The quantitative estimate of drug-likeness (QED) is 0.384. The molecule has 1 saturated carbocycles. The summed E-state index contributed by atoms with van der Waals surface area (Å²) in [5.74, 6) is 0. The second-order valence-corrected chi connectivity index (χ2v) is 9.60. The van der Waals surface area contributed by atoms with Gasteiger partial charge in [-0.15, -0.1) is 0 Å². The molecule has 1 aliphatic heterocycles. The number of fused-ring (bicyclic) bond motifs is 1. The van der Waals surface area contributed by atoms with E-state index in [1.54, 1.807) is 0 Å². The zero-order valence-corrected chi connectivity index (χ0v) is 21.0. The van der Waals surface area contributed by atoms with Crippen LogP contribution < -0.4 is 10.6 Å². The van der Waals surface area contributed by atoms with Gasteiger partial charge in [0.2, 0.25) is 0 Å². The molecule has 3 aromatic rings. The summed E-state index contributed by atoms with van der Waals surface area (Å²) in [6.45, 7) is 5.46. The molecule has 5 rings (SSSR count). The Morgan fingerprint density at radius 3 is 2.35 bits per heavy atom. The van der Waals surface area contributed by atoms with Crippen molar-refractivity contribution in [1.82, 2.24) is 15.6 Å². The Kier molecular flexibility index (Phi) is 10.3. The first-order valence-corrected chi connectivity index (χ1v) is 12.7. The largest absolute Gasteiger partial charge is 0.395 e. The minimum absolute atomic E-state index is 0.306. The fraction of sp³-hybridized carbons (Fsp3) is 0.483. The normalized spacial score (nSPS) is 18.1. The highest BCUT2D eigenvalue weighted by atomic mass is 16.3. The highest BCUT2D eigenvalue weighted by Gasteiger charge is 2.11. The number of nitrogens with one attached hydrogen (secondary N) is 3. The molecule has 2 aromatic carbocycles. The molecule has 5 heteroatoms. The van der Waals surface area contributed by atoms with Crippen LogP contribution in [0.4, 0.5) is 0 Å². The van der Waals surface area contributed by atoms with Crippen molar-refractivity contribution >= 4 is 17.2 Å². The van der Waals surface area contributed by atoms with Crippen LogP contribution in [0.2, 0.25) is 0 Å². The monoisotopic (exact) mass is 463 g/mol. The molecular formula is C29H41N3O2. The molecule has 34 heavy (non-hydrogen) atoms. The Hall–Kier alpha value is -2.47. The molecule has 2 heterocycles. The Bertz CT molecular complexity index is 1030. The van der Waals surface area contributed by atoms with Crippen molar-refractivity contribution in [3.8, 4) is 11.1 Å². The predicted molar refractivity (Wildman–Crippen MR) is 143 cm³/mol. The summed E-state index contributed by atoms with van der Waals surface area (Å²) in [5.41, 5.74) is 6.35. The van der Waals surface area contributed by atoms with Gasteiger partial charge in [0.05, 0.1) is 6.61 Å². The lowest BCUT2D eigenvalue weighted by Gasteiger charge is -2.20. The number of aromatic amines is 1. The molecule has 1 aliphatic carbocycles. The Balaban J connectivity index is 0.000000177. The average molecular weight is 464 g/mol. The van der Waals surface area contributed by atoms with Crippen molar-refractivity contribution in [1.29, 1.82) is 0 Å². The molecule has 0 amide bonds. The maximum absolute atomic E-state index is 11.0. The number of aldehydes is 1. The van der Waals surface area contributed by atoms with Gasteiger partial charge in [-0.05, 0) is 100 Å². The van der Waals surface area contributed by atoms with Crippen molar-refractivity contribution in [3.05, 3.63) is 59.3 Å². The van der Waals surface area contributed by atoms with Gasteiger partial charge in [0, 0.05) is 34.2 Å². The highest BCUT2D eigenvalue weighted by molar-refractivity contribution is 5.87. The van der Waals surface area contributed by atoms with Crippen molar-refractivity contribution < 1.29 is 9.90 Å². The molecule has 1 unspecified atom stereocenters. The van der Waals surface area contributed by atoms with E-state index < -0.39 is 0 Å². The maximum Gasteiger partial charge on any atom is 0.150 e. The Morgan fingerprint density at radius 2 is 1.76 bits per heavy atom. The average Bonchev–Trinajstić information content (AvgIpc) is 3.53. The lowest BCUT2D eigenvalue weighted by atomic mass is 9.96. The lowest BCUT2D eigenvalue weighted by molar-refractivity contribution is 0.112. The van der Waals surface area contributed by atoms with Crippen molar-refractivity contribution in [2.45, 2.75) is 70.9 Å². The minimum Gasteiger partial charge on any atom is -0.395 e. The first-order valence-electron chi connectivity index (χ1n) is 12.7. The second-order valence-electron chi connectivity index (χ2n) is 9.60. The van der Waals surface area contributed by atoms with Crippen LogP contribution in [0, 0.1) is 13.8 Å². The number of carbonyl (C=O) groups excluding carboxylic acids is 1. The van der Waals surface area contributed by atoms with Crippen LogP contribution in [0.5, 0.6) is 0 Å². The highest BCUT2D eigenvalue weighted by Crippen LogP contribution is 2.26. The van der Waals surface area contributed by atoms with Crippen LogP contribution >= 0.6 is 0 Å². The van der Waals surface area contributed by atoms with Gasteiger partial charge >= 0.3 is 0 Å². The zero-order chi connectivity index (χ0) is 24.3. The van der Waals surface area contributed by atoms with E-state index >= 15 is 0 Å². The first kappa shape index (κ1) is 26.1. The smallest absolute Gasteiger partial charge is 0.150 e. The number of rotatable bonds is 4. The van der Waals surface area contributed by atoms with E-state index in [9.17, 15) is 4.79 Å². The summed E-state index contributed by atoms with van der Waals surface area (Å²) in [7, 11) is 2.07. The summed E-state index contributed by atoms with van der Waals surface area (Å²) in [4.78, 5) is 14.3. The number of benzene rings is 2. The van der Waals surface area contributed by atoms with Gasteiger partial charge in [0.1, 0.15) is 6.29 Å². The zero-order valence-electron chi connectivity index (χ0n) is 21.0. The van der Waals surface area contributed by atoms with E-state index in [0.29, 0.717) is 12.6 Å². The van der Waals surface area contributed by atoms with Gasteiger partial charge < -0.3 is 20.7 Å². The van der Waals surface area contributed by atoms with E-state index in [-0.39, 0.29) is 0 Å². The summed E-state index contributed by atoms with van der Waals surface area (Å²) in [6, 6.07) is 15.6. The molecule has 4 N–H and O–H groups in total. The molecule has 184 valence electrons. The number of carbonyl (C=O) groups is 1. The fourth-order valence-corrected chi connectivity index (χ4v) is 4.81. The number of aryl methyl sites for hydroxylation is 2. The van der Waals surface area contributed by atoms with Crippen LogP contribution in [0.1, 0.15) is 66.6 Å². The second kappa shape index (κ2) is 13.4. The molecule has 1 aromatic heterocycles. The molecule has 5 nitrogen and oxygen atoms in total. The van der Waals surface area contributed by atoms with Crippen molar-refractivity contribution in [3.63, 3.8) is 0 Å². The third-order valence-corrected chi connectivity index (χ3v) is 6.72. The van der Waals surface area contributed by atoms with Gasteiger partial charge in [0.25, 0.3) is 0 Å². The van der Waals surface area contributed by atoms with Crippen LogP contribution in [0.15, 0.2) is 42.5 Å². The lowest BCUT2D eigenvalue weighted by Crippen LogP contribution is -2.26. The first-order chi connectivity index (χ1) is 16.5. The van der Waals surface area contributed by atoms with Crippen LogP contribution in [0.25, 0.3) is 22.0 Å². The van der Waals surface area contributed by atoms with E-state index in [0.717, 1.165) is 58.8 Å². The summed E-state index contributed by atoms with van der Waals surface area (Å²) >= 11 is 0. The number of H-pyrrole nitrogens is 1. The fourth-order valence-electron chi connectivity index (χ4n) is 4.81. The standard InChI is InChI=1S/C17H15NO.C7H15N.C5H11NO/c1-11-5-13(10-19)8-15(6-11)14-3-4-17-16(9-14)7-12(2)18-17;1-8-7-5-3-2-4-6-7;7-4-5-2-1-3-6-5/h3-10,18H,1-2H3;7-8H,2-6H2,1H3;5-7H,1-4H2. The predicted octanol–water partition coefficient (Wildman–Crippen LogP) is 5.53. The van der Waals surface area contributed by atoms with Crippen LogP contribution in [-0.4, -0.2) is 48.7 Å². The Morgan fingerprint density at radius 1 is 0.971 bits per heavy atom.